The van der Waals surface area contributed by atoms with Gasteiger partial charge in [0.1, 0.15) is 11.6 Å². The molecule has 72 valence electrons. The smallest absolute Gasteiger partial charge is 0.425 e. The van der Waals surface area contributed by atoms with Crippen LogP contribution in [0, 0.1) is 5.82 Å². The minimum absolute atomic E-state index is 0.240. The molecule has 0 bridgehead atoms. The zero-order valence-electron chi connectivity index (χ0n) is 6.73. The Labute approximate surface area is 76.0 Å². The minimum Gasteiger partial charge on any atom is -0.497 e. The third kappa shape index (κ3) is 6.95. The normalized spacial score (nSPS) is 8.15. The van der Waals surface area contributed by atoms with Crippen molar-refractivity contribution in [2.45, 2.75) is 0 Å². The van der Waals surface area contributed by atoms with Gasteiger partial charge in [0.2, 0.25) is 0 Å². The van der Waals surface area contributed by atoms with Gasteiger partial charge in [-0.15, -0.1) is 12.6 Å². The molecule has 0 fully saturated rings. The number of hydrogen-bond donors (Lipinski definition) is 0. The van der Waals surface area contributed by atoms with Crippen LogP contribution in [0.1, 0.15) is 0 Å². The minimum atomic E-state index is -3.11. The SMILES string of the molecule is COc1ccc(F)cc1.O=S(=O)=O. The first-order valence-electron chi connectivity index (χ1n) is 3.12. The van der Waals surface area contributed by atoms with Crippen molar-refractivity contribution in [3.63, 3.8) is 0 Å². The van der Waals surface area contributed by atoms with E-state index in [1.54, 1.807) is 19.2 Å². The van der Waals surface area contributed by atoms with Gasteiger partial charge in [-0.2, -0.15) is 0 Å². The summed E-state index contributed by atoms with van der Waals surface area (Å²) in [5.74, 6) is 0.437. The molecular weight excluding hydrogens is 199 g/mol. The lowest BCUT2D eigenvalue weighted by Crippen LogP contribution is -1.80. The topological polar surface area (TPSA) is 60.4 Å². The molecule has 1 aromatic carbocycles. The highest BCUT2D eigenvalue weighted by molar-refractivity contribution is 7.59. The number of halogens is 1. The quantitative estimate of drug-likeness (QED) is 0.682. The number of hydrogen-bond acceptors (Lipinski definition) is 4. The molecule has 1 rings (SSSR count). The van der Waals surface area contributed by atoms with E-state index < -0.39 is 10.6 Å². The maximum atomic E-state index is 12.2. The van der Waals surface area contributed by atoms with Gasteiger partial charge in [0.15, 0.2) is 0 Å². The summed E-state index contributed by atoms with van der Waals surface area (Å²) in [7, 11) is -1.56. The van der Waals surface area contributed by atoms with Gasteiger partial charge in [0.05, 0.1) is 7.11 Å². The predicted octanol–water partition coefficient (Wildman–Crippen LogP) is 0.830. The van der Waals surface area contributed by atoms with E-state index in [4.69, 9.17) is 17.4 Å². The Morgan fingerprint density at radius 2 is 1.54 bits per heavy atom. The third-order valence-corrected chi connectivity index (χ3v) is 1.05. The van der Waals surface area contributed by atoms with Crippen LogP contribution < -0.4 is 4.74 Å². The lowest BCUT2D eigenvalue weighted by Gasteiger charge is -1.95. The van der Waals surface area contributed by atoms with E-state index >= 15 is 0 Å². The molecule has 0 amide bonds. The summed E-state index contributed by atoms with van der Waals surface area (Å²) in [6, 6.07) is 5.88. The van der Waals surface area contributed by atoms with Gasteiger partial charge >= 0.3 is 10.6 Å². The van der Waals surface area contributed by atoms with Crippen LogP contribution in [-0.4, -0.2) is 19.7 Å². The van der Waals surface area contributed by atoms with E-state index in [-0.39, 0.29) is 5.82 Å². The molecule has 0 aliphatic heterocycles. The first-order valence-corrected chi connectivity index (χ1v) is 4.12. The average Bonchev–Trinajstić information content (AvgIpc) is 2.05. The number of rotatable bonds is 1. The molecule has 1 aromatic rings. The largest absolute Gasteiger partial charge is 0.497 e. The maximum Gasteiger partial charge on any atom is 0.425 e. The Hall–Kier alpha value is -1.43. The summed E-state index contributed by atoms with van der Waals surface area (Å²) in [4.78, 5) is 0. The van der Waals surface area contributed by atoms with Crippen molar-refractivity contribution in [2.24, 2.45) is 0 Å². The van der Waals surface area contributed by atoms with Crippen LogP contribution in [-0.2, 0) is 10.6 Å². The van der Waals surface area contributed by atoms with Gasteiger partial charge < -0.3 is 4.74 Å². The third-order valence-electron chi connectivity index (χ3n) is 1.05. The van der Waals surface area contributed by atoms with Crippen LogP contribution in [0.5, 0.6) is 5.75 Å². The van der Waals surface area contributed by atoms with Crippen molar-refractivity contribution in [2.75, 3.05) is 7.11 Å². The van der Waals surface area contributed by atoms with Crippen molar-refractivity contribution in [1.29, 1.82) is 0 Å². The highest BCUT2D eigenvalue weighted by Gasteiger charge is 1.88. The standard InChI is InChI=1S/C7H7FO.O3S/c1-9-7-4-2-6(8)3-5-7;1-4(2)3/h2-5H,1H3;. The first kappa shape index (κ1) is 11.6. The number of methoxy groups -OCH3 is 1. The molecule has 0 saturated heterocycles. The fourth-order valence-corrected chi connectivity index (χ4v) is 0.571. The van der Waals surface area contributed by atoms with Crippen LogP contribution in [0.4, 0.5) is 4.39 Å². The number of benzene rings is 1. The Balaban J connectivity index is 0.000000310. The molecule has 0 atom stereocenters. The summed E-state index contributed by atoms with van der Waals surface area (Å²) >= 11 is 0. The van der Waals surface area contributed by atoms with Crippen LogP contribution in [0.3, 0.4) is 0 Å². The molecule has 0 N–H and O–H groups in total. The van der Waals surface area contributed by atoms with Gasteiger partial charge in [0, 0.05) is 0 Å². The molecule has 4 nitrogen and oxygen atoms in total. The Morgan fingerprint density at radius 1 is 1.15 bits per heavy atom. The van der Waals surface area contributed by atoms with Gasteiger partial charge in [-0.1, -0.05) is 0 Å². The molecule has 13 heavy (non-hydrogen) atoms. The summed E-state index contributed by atoms with van der Waals surface area (Å²) in [5, 5.41) is 0. The second kappa shape index (κ2) is 6.13. The summed E-state index contributed by atoms with van der Waals surface area (Å²) < 4.78 is 42.3. The molecular formula is C7H7FO4S. The first-order chi connectivity index (χ1) is 6.06. The highest BCUT2D eigenvalue weighted by Crippen LogP contribution is 2.08. The molecule has 0 aliphatic rings. The Morgan fingerprint density at radius 3 is 1.85 bits per heavy atom. The lowest BCUT2D eigenvalue weighted by molar-refractivity contribution is 0.413. The molecule has 0 spiro atoms. The Bertz CT molecular complexity index is 335. The fraction of sp³-hybridized carbons (Fsp3) is 0.143. The molecule has 6 heteroatoms. The molecule has 0 aromatic heterocycles. The van der Waals surface area contributed by atoms with E-state index in [1.807, 2.05) is 0 Å². The van der Waals surface area contributed by atoms with E-state index in [2.05, 4.69) is 0 Å². The summed E-state index contributed by atoms with van der Waals surface area (Å²) in [6.45, 7) is 0. The van der Waals surface area contributed by atoms with Crippen molar-refractivity contribution >= 4 is 10.6 Å². The monoisotopic (exact) mass is 206 g/mol. The molecule has 0 unspecified atom stereocenters. The predicted molar refractivity (Wildman–Crippen MR) is 42.6 cm³/mol. The van der Waals surface area contributed by atoms with E-state index in [0.717, 1.165) is 0 Å². The van der Waals surface area contributed by atoms with E-state index in [9.17, 15) is 4.39 Å². The van der Waals surface area contributed by atoms with Crippen molar-refractivity contribution < 1.29 is 21.8 Å². The van der Waals surface area contributed by atoms with Gasteiger partial charge in [0.25, 0.3) is 0 Å². The van der Waals surface area contributed by atoms with Gasteiger partial charge in [-0.3, -0.25) is 0 Å². The van der Waals surface area contributed by atoms with Crippen molar-refractivity contribution in [1.82, 2.24) is 0 Å². The maximum absolute atomic E-state index is 12.2. The fourth-order valence-electron chi connectivity index (χ4n) is 0.571. The lowest BCUT2D eigenvalue weighted by atomic mass is 10.3. The highest BCUT2D eigenvalue weighted by atomic mass is 32.2. The van der Waals surface area contributed by atoms with Crippen LogP contribution in [0.15, 0.2) is 24.3 Å². The van der Waals surface area contributed by atoms with Crippen molar-refractivity contribution in [3.05, 3.63) is 30.1 Å². The second-order valence-corrected chi connectivity index (χ2v) is 2.27. The van der Waals surface area contributed by atoms with E-state index in [0.29, 0.717) is 5.75 Å². The van der Waals surface area contributed by atoms with Gasteiger partial charge in [-0.05, 0) is 24.3 Å². The van der Waals surface area contributed by atoms with Crippen LogP contribution >= 0.6 is 0 Å². The molecule has 0 saturated carbocycles. The zero-order valence-corrected chi connectivity index (χ0v) is 7.55. The van der Waals surface area contributed by atoms with E-state index in [1.165, 1.54) is 12.1 Å². The summed E-state index contributed by atoms with van der Waals surface area (Å²) in [6.07, 6.45) is 0. The van der Waals surface area contributed by atoms with Crippen LogP contribution in [0.2, 0.25) is 0 Å². The second-order valence-electron chi connectivity index (χ2n) is 1.86. The summed E-state index contributed by atoms with van der Waals surface area (Å²) in [5.41, 5.74) is 0. The molecule has 0 radical (unpaired) electrons. The average molecular weight is 206 g/mol. The van der Waals surface area contributed by atoms with Gasteiger partial charge in [-0.25, -0.2) is 4.39 Å². The van der Waals surface area contributed by atoms with Crippen LogP contribution in [0.25, 0.3) is 0 Å². The zero-order chi connectivity index (χ0) is 10.3. The van der Waals surface area contributed by atoms with Crippen molar-refractivity contribution in [3.8, 4) is 5.75 Å². The molecule has 0 heterocycles. The molecule has 0 aliphatic carbocycles. The number of ether oxygens (including phenoxy) is 1. The Kier molecular flexibility index (Phi) is 5.45.